The van der Waals surface area contributed by atoms with Crippen LogP contribution in [0.3, 0.4) is 0 Å². The van der Waals surface area contributed by atoms with E-state index in [0.29, 0.717) is 11.3 Å². The summed E-state index contributed by atoms with van der Waals surface area (Å²) in [5.41, 5.74) is 6.16. The van der Waals surface area contributed by atoms with Crippen molar-refractivity contribution in [3.05, 3.63) is 29.8 Å². The molecule has 2 atom stereocenters. The van der Waals surface area contributed by atoms with Crippen molar-refractivity contribution in [1.29, 1.82) is 0 Å². The average Bonchev–Trinajstić information content (AvgIpc) is 2.34. The highest BCUT2D eigenvalue weighted by Gasteiger charge is 2.12. The lowest BCUT2D eigenvalue weighted by atomic mass is 10.1. The third-order valence-corrected chi connectivity index (χ3v) is 2.59. The maximum atomic E-state index is 11.9. The van der Waals surface area contributed by atoms with Gasteiger partial charge in [-0.05, 0) is 39.0 Å². The predicted octanol–water partition coefficient (Wildman–Crippen LogP) is 0.912. The van der Waals surface area contributed by atoms with E-state index in [1.54, 1.807) is 31.2 Å². The Morgan fingerprint density at radius 3 is 2.68 bits per heavy atom. The Morgan fingerprint density at radius 2 is 2.11 bits per heavy atom. The first kappa shape index (κ1) is 15.5. The first-order valence-corrected chi connectivity index (χ1v) is 6.38. The number of carbonyl (C=O) groups is 1. The molecule has 1 aromatic rings. The highest BCUT2D eigenvalue weighted by atomic mass is 16.5. The molecule has 0 aliphatic carbocycles. The summed E-state index contributed by atoms with van der Waals surface area (Å²) >= 11 is 0. The first-order valence-electron chi connectivity index (χ1n) is 6.38. The summed E-state index contributed by atoms with van der Waals surface area (Å²) in [6, 6.07) is 6.48. The van der Waals surface area contributed by atoms with Crippen molar-refractivity contribution >= 4 is 5.91 Å². The van der Waals surface area contributed by atoms with Gasteiger partial charge in [0.2, 0.25) is 0 Å². The molecule has 5 heteroatoms. The van der Waals surface area contributed by atoms with Gasteiger partial charge in [-0.15, -0.1) is 0 Å². The summed E-state index contributed by atoms with van der Waals surface area (Å²) in [7, 11) is 0. The summed E-state index contributed by atoms with van der Waals surface area (Å²) in [6.07, 6.45) is -0.599. The van der Waals surface area contributed by atoms with E-state index in [0.717, 1.165) is 0 Å². The quantitative estimate of drug-likeness (QED) is 0.714. The van der Waals surface area contributed by atoms with Gasteiger partial charge in [0, 0.05) is 18.2 Å². The Labute approximate surface area is 113 Å². The Hall–Kier alpha value is -1.59. The number of nitrogens with one attached hydrogen (secondary N) is 1. The standard InChI is InChI=1S/C14H22N2O3/c1-9(2)19-12-6-4-5-11(7-12)14(18)16-8-13(15)10(3)17/h4-7,9-10,13,17H,8,15H2,1-3H3,(H,16,18). The number of hydrogen-bond donors (Lipinski definition) is 3. The Morgan fingerprint density at radius 1 is 1.42 bits per heavy atom. The lowest BCUT2D eigenvalue weighted by Crippen LogP contribution is -2.43. The molecule has 0 heterocycles. The molecule has 0 saturated heterocycles. The van der Waals surface area contributed by atoms with Crippen molar-refractivity contribution < 1.29 is 14.6 Å². The summed E-state index contributed by atoms with van der Waals surface area (Å²) in [5, 5.41) is 11.9. The number of aliphatic hydroxyl groups is 1. The molecule has 1 rings (SSSR count). The molecule has 0 saturated carbocycles. The molecule has 5 nitrogen and oxygen atoms in total. The van der Waals surface area contributed by atoms with Crippen LogP contribution >= 0.6 is 0 Å². The second-order valence-electron chi connectivity index (χ2n) is 4.81. The van der Waals surface area contributed by atoms with Crippen LogP contribution in [0.25, 0.3) is 0 Å². The molecule has 19 heavy (non-hydrogen) atoms. The molecule has 0 radical (unpaired) electrons. The fourth-order valence-electron chi connectivity index (χ4n) is 1.47. The van der Waals surface area contributed by atoms with Crippen LogP contribution in [0, 0.1) is 0 Å². The summed E-state index contributed by atoms with van der Waals surface area (Å²) in [5.74, 6) is 0.424. The number of rotatable bonds is 6. The second-order valence-corrected chi connectivity index (χ2v) is 4.81. The lowest BCUT2D eigenvalue weighted by molar-refractivity contribution is 0.0937. The van der Waals surface area contributed by atoms with E-state index in [-0.39, 0.29) is 18.6 Å². The maximum Gasteiger partial charge on any atom is 0.251 e. The van der Waals surface area contributed by atoms with Gasteiger partial charge in [-0.2, -0.15) is 0 Å². The highest BCUT2D eigenvalue weighted by Crippen LogP contribution is 2.14. The van der Waals surface area contributed by atoms with E-state index in [1.807, 2.05) is 13.8 Å². The van der Waals surface area contributed by atoms with Crippen molar-refractivity contribution in [2.45, 2.75) is 39.0 Å². The van der Waals surface area contributed by atoms with E-state index in [4.69, 9.17) is 10.5 Å². The van der Waals surface area contributed by atoms with Crippen LogP contribution in [0.5, 0.6) is 5.75 Å². The van der Waals surface area contributed by atoms with Gasteiger partial charge < -0.3 is 20.9 Å². The zero-order chi connectivity index (χ0) is 14.4. The summed E-state index contributed by atoms with van der Waals surface area (Å²) in [4.78, 5) is 11.9. The third-order valence-electron chi connectivity index (χ3n) is 2.59. The minimum atomic E-state index is -0.657. The van der Waals surface area contributed by atoms with Crippen molar-refractivity contribution in [2.24, 2.45) is 5.73 Å². The smallest absolute Gasteiger partial charge is 0.251 e. The van der Waals surface area contributed by atoms with E-state index in [2.05, 4.69) is 5.32 Å². The first-order chi connectivity index (χ1) is 8.90. The number of amides is 1. The number of carbonyl (C=O) groups excluding carboxylic acids is 1. The normalized spacial score (nSPS) is 14.0. The van der Waals surface area contributed by atoms with Crippen LogP contribution in [-0.2, 0) is 0 Å². The number of nitrogens with two attached hydrogens (primary N) is 1. The number of aliphatic hydroxyl groups excluding tert-OH is 1. The zero-order valence-electron chi connectivity index (χ0n) is 11.6. The van der Waals surface area contributed by atoms with Gasteiger partial charge in [0.15, 0.2) is 0 Å². The zero-order valence-corrected chi connectivity index (χ0v) is 11.6. The van der Waals surface area contributed by atoms with Gasteiger partial charge in [0.1, 0.15) is 5.75 Å². The van der Waals surface area contributed by atoms with Gasteiger partial charge in [0.25, 0.3) is 5.91 Å². The predicted molar refractivity (Wildman–Crippen MR) is 74.2 cm³/mol. The SMILES string of the molecule is CC(C)Oc1cccc(C(=O)NCC(N)C(C)O)c1. The van der Waals surface area contributed by atoms with Crippen LogP contribution in [0.4, 0.5) is 0 Å². The van der Waals surface area contributed by atoms with Crippen LogP contribution in [-0.4, -0.2) is 35.8 Å². The molecule has 0 spiro atoms. The minimum Gasteiger partial charge on any atom is -0.491 e. The number of ether oxygens (including phenoxy) is 1. The lowest BCUT2D eigenvalue weighted by Gasteiger charge is -2.15. The molecule has 0 aliphatic heterocycles. The van der Waals surface area contributed by atoms with Crippen LogP contribution in [0.1, 0.15) is 31.1 Å². The molecule has 1 amide bonds. The molecule has 0 bridgehead atoms. The second kappa shape index (κ2) is 7.11. The topological polar surface area (TPSA) is 84.6 Å². The average molecular weight is 266 g/mol. The molecule has 4 N–H and O–H groups in total. The molecule has 0 aromatic heterocycles. The van der Waals surface area contributed by atoms with E-state index in [9.17, 15) is 9.90 Å². The fraction of sp³-hybridized carbons (Fsp3) is 0.500. The maximum absolute atomic E-state index is 11.9. The Bertz CT molecular complexity index is 419. The van der Waals surface area contributed by atoms with E-state index >= 15 is 0 Å². The largest absolute Gasteiger partial charge is 0.491 e. The minimum absolute atomic E-state index is 0.0574. The molecule has 0 aliphatic rings. The van der Waals surface area contributed by atoms with Gasteiger partial charge >= 0.3 is 0 Å². The Kier molecular flexibility index (Phi) is 5.79. The Balaban J connectivity index is 2.61. The van der Waals surface area contributed by atoms with Gasteiger partial charge in [0.05, 0.1) is 12.2 Å². The number of hydrogen-bond acceptors (Lipinski definition) is 4. The van der Waals surface area contributed by atoms with Crippen molar-refractivity contribution in [2.75, 3.05) is 6.54 Å². The molecule has 106 valence electrons. The van der Waals surface area contributed by atoms with Gasteiger partial charge in [-0.3, -0.25) is 4.79 Å². The summed E-state index contributed by atoms with van der Waals surface area (Å²) < 4.78 is 5.52. The van der Waals surface area contributed by atoms with Gasteiger partial charge in [-0.1, -0.05) is 6.07 Å². The highest BCUT2D eigenvalue weighted by molar-refractivity contribution is 5.94. The summed E-state index contributed by atoms with van der Waals surface area (Å²) in [6.45, 7) is 5.67. The van der Waals surface area contributed by atoms with Crippen molar-refractivity contribution in [3.63, 3.8) is 0 Å². The third kappa shape index (κ3) is 5.28. The van der Waals surface area contributed by atoms with Crippen molar-refractivity contribution in [1.82, 2.24) is 5.32 Å². The number of benzene rings is 1. The van der Waals surface area contributed by atoms with Crippen LogP contribution in [0.2, 0.25) is 0 Å². The van der Waals surface area contributed by atoms with Crippen LogP contribution in [0.15, 0.2) is 24.3 Å². The van der Waals surface area contributed by atoms with E-state index in [1.165, 1.54) is 0 Å². The molecule has 1 aromatic carbocycles. The molecule has 0 fully saturated rings. The monoisotopic (exact) mass is 266 g/mol. The fourth-order valence-corrected chi connectivity index (χ4v) is 1.47. The van der Waals surface area contributed by atoms with Crippen LogP contribution < -0.4 is 15.8 Å². The molecular formula is C14H22N2O3. The van der Waals surface area contributed by atoms with E-state index < -0.39 is 12.1 Å². The molecular weight excluding hydrogens is 244 g/mol. The van der Waals surface area contributed by atoms with Crippen molar-refractivity contribution in [3.8, 4) is 5.75 Å². The molecule has 2 unspecified atom stereocenters. The van der Waals surface area contributed by atoms with Gasteiger partial charge in [-0.25, -0.2) is 0 Å².